The van der Waals surface area contributed by atoms with E-state index in [2.05, 4.69) is 14.5 Å². The standard InChI is InChI=1S/C11H10F5NO4/c1-2-20-8(19)3-5-6(18)4-7(21-11(14,15)16)9(17-5)10(12)13/h4,10,18H,2-3H2,1H3. The first-order chi connectivity index (χ1) is 9.64. The van der Waals surface area contributed by atoms with Gasteiger partial charge in [0.1, 0.15) is 11.4 Å². The smallest absolute Gasteiger partial charge is 0.506 e. The molecule has 1 N–H and O–H groups in total. The molecular weight excluding hydrogens is 305 g/mol. The van der Waals surface area contributed by atoms with Gasteiger partial charge in [0, 0.05) is 6.07 Å². The zero-order valence-corrected chi connectivity index (χ0v) is 10.6. The molecule has 1 heterocycles. The second kappa shape index (κ2) is 6.55. The highest BCUT2D eigenvalue weighted by Gasteiger charge is 2.34. The molecular formula is C11H10F5NO4. The highest BCUT2D eigenvalue weighted by molar-refractivity contribution is 5.73. The van der Waals surface area contributed by atoms with Gasteiger partial charge in [-0.2, -0.15) is 0 Å². The van der Waals surface area contributed by atoms with Crippen molar-refractivity contribution >= 4 is 5.97 Å². The Kier molecular flexibility index (Phi) is 5.28. The van der Waals surface area contributed by atoms with Crippen molar-refractivity contribution in [3.63, 3.8) is 0 Å². The number of rotatable bonds is 5. The molecule has 21 heavy (non-hydrogen) atoms. The van der Waals surface area contributed by atoms with Crippen LogP contribution in [0, 0.1) is 0 Å². The summed E-state index contributed by atoms with van der Waals surface area (Å²) in [5, 5.41) is 9.45. The Morgan fingerprint density at radius 3 is 2.52 bits per heavy atom. The average Bonchev–Trinajstić information content (AvgIpc) is 2.30. The lowest BCUT2D eigenvalue weighted by Gasteiger charge is -2.14. The van der Waals surface area contributed by atoms with Crippen molar-refractivity contribution in [2.45, 2.75) is 26.1 Å². The molecule has 0 fully saturated rings. The summed E-state index contributed by atoms with van der Waals surface area (Å²) in [6.45, 7) is 1.51. The number of hydrogen-bond donors (Lipinski definition) is 1. The van der Waals surface area contributed by atoms with Crippen LogP contribution in [0.25, 0.3) is 0 Å². The van der Waals surface area contributed by atoms with Crippen molar-refractivity contribution in [2.24, 2.45) is 0 Å². The number of alkyl halides is 5. The number of halogens is 5. The number of ether oxygens (including phenoxy) is 2. The highest BCUT2D eigenvalue weighted by atomic mass is 19.4. The Morgan fingerprint density at radius 1 is 1.43 bits per heavy atom. The molecule has 0 aliphatic rings. The fourth-order valence-corrected chi connectivity index (χ4v) is 1.38. The Hall–Kier alpha value is -2.13. The Bertz CT molecular complexity index is 518. The molecule has 0 aromatic carbocycles. The Labute approximate surface area is 115 Å². The van der Waals surface area contributed by atoms with Gasteiger partial charge in [-0.3, -0.25) is 4.79 Å². The number of pyridine rings is 1. The number of nitrogens with zero attached hydrogens (tertiary/aromatic N) is 1. The van der Waals surface area contributed by atoms with E-state index in [0.717, 1.165) is 0 Å². The van der Waals surface area contributed by atoms with E-state index in [-0.39, 0.29) is 6.61 Å². The van der Waals surface area contributed by atoms with Crippen molar-refractivity contribution < 1.29 is 41.3 Å². The third kappa shape index (κ3) is 5.04. The monoisotopic (exact) mass is 315 g/mol. The van der Waals surface area contributed by atoms with Crippen molar-refractivity contribution in [3.8, 4) is 11.5 Å². The highest BCUT2D eigenvalue weighted by Crippen LogP contribution is 2.35. The number of aromatic nitrogens is 1. The van der Waals surface area contributed by atoms with Gasteiger partial charge in [-0.1, -0.05) is 0 Å². The molecule has 0 unspecified atom stereocenters. The predicted octanol–water partition coefficient (Wildman–Crippen LogP) is 2.73. The lowest BCUT2D eigenvalue weighted by Crippen LogP contribution is -2.19. The van der Waals surface area contributed by atoms with Gasteiger partial charge in [0.2, 0.25) is 0 Å². The van der Waals surface area contributed by atoms with E-state index >= 15 is 0 Å². The first kappa shape index (κ1) is 16.9. The maximum atomic E-state index is 12.7. The second-order valence-corrected chi connectivity index (χ2v) is 3.67. The van der Waals surface area contributed by atoms with Crippen LogP contribution < -0.4 is 4.74 Å². The summed E-state index contributed by atoms with van der Waals surface area (Å²) in [7, 11) is 0. The minimum Gasteiger partial charge on any atom is -0.506 e. The van der Waals surface area contributed by atoms with Gasteiger partial charge in [-0.25, -0.2) is 13.8 Å². The van der Waals surface area contributed by atoms with Crippen molar-refractivity contribution in [1.29, 1.82) is 0 Å². The van der Waals surface area contributed by atoms with Crippen molar-refractivity contribution in [1.82, 2.24) is 4.98 Å². The zero-order chi connectivity index (χ0) is 16.2. The normalized spacial score (nSPS) is 11.6. The molecule has 0 saturated carbocycles. The van der Waals surface area contributed by atoms with E-state index in [4.69, 9.17) is 0 Å². The molecule has 1 aromatic heterocycles. The third-order valence-electron chi connectivity index (χ3n) is 2.12. The SMILES string of the molecule is CCOC(=O)Cc1nc(C(F)F)c(OC(F)(F)F)cc1O. The summed E-state index contributed by atoms with van der Waals surface area (Å²) >= 11 is 0. The largest absolute Gasteiger partial charge is 0.573 e. The first-order valence-electron chi connectivity index (χ1n) is 5.56. The van der Waals surface area contributed by atoms with Crippen LogP contribution in [0.2, 0.25) is 0 Å². The lowest BCUT2D eigenvalue weighted by atomic mass is 10.2. The summed E-state index contributed by atoms with van der Waals surface area (Å²) in [6, 6.07) is 0.330. The molecule has 0 aliphatic heterocycles. The van der Waals surface area contributed by atoms with Gasteiger partial charge in [0.05, 0.1) is 18.7 Å². The van der Waals surface area contributed by atoms with Crippen LogP contribution in [0.15, 0.2) is 6.07 Å². The van der Waals surface area contributed by atoms with Gasteiger partial charge < -0.3 is 14.6 Å². The van der Waals surface area contributed by atoms with Crippen LogP contribution in [0.5, 0.6) is 11.5 Å². The van der Waals surface area contributed by atoms with E-state index in [1.165, 1.54) is 6.92 Å². The Balaban J connectivity index is 3.14. The summed E-state index contributed by atoms with van der Waals surface area (Å²) < 4.78 is 69.5. The zero-order valence-electron chi connectivity index (χ0n) is 10.6. The molecule has 1 aromatic rings. The number of aromatic hydroxyl groups is 1. The van der Waals surface area contributed by atoms with E-state index in [1.54, 1.807) is 0 Å². The van der Waals surface area contributed by atoms with Crippen molar-refractivity contribution in [2.75, 3.05) is 6.61 Å². The molecule has 0 amide bonds. The molecule has 1 rings (SSSR count). The van der Waals surface area contributed by atoms with E-state index in [0.29, 0.717) is 6.07 Å². The summed E-state index contributed by atoms with van der Waals surface area (Å²) in [5.41, 5.74) is -1.86. The van der Waals surface area contributed by atoms with Gasteiger partial charge >= 0.3 is 12.3 Å². The average molecular weight is 315 g/mol. The van der Waals surface area contributed by atoms with Crippen LogP contribution >= 0.6 is 0 Å². The number of carbonyl (C=O) groups is 1. The molecule has 0 aliphatic carbocycles. The molecule has 5 nitrogen and oxygen atoms in total. The molecule has 0 bridgehead atoms. The number of esters is 1. The van der Waals surface area contributed by atoms with Crippen LogP contribution in [0.1, 0.15) is 24.7 Å². The number of carbonyl (C=O) groups excluding carboxylic acids is 1. The molecule has 0 spiro atoms. The Morgan fingerprint density at radius 2 is 2.05 bits per heavy atom. The molecule has 0 radical (unpaired) electrons. The molecule has 0 saturated heterocycles. The summed E-state index contributed by atoms with van der Waals surface area (Å²) in [6.07, 6.45) is -9.27. The van der Waals surface area contributed by atoms with Crippen LogP contribution in [-0.4, -0.2) is 29.0 Å². The quantitative estimate of drug-likeness (QED) is 0.668. The fourth-order valence-electron chi connectivity index (χ4n) is 1.38. The maximum absolute atomic E-state index is 12.7. The fraction of sp³-hybridized carbons (Fsp3) is 0.455. The van der Waals surface area contributed by atoms with Gasteiger partial charge in [-0.15, -0.1) is 13.2 Å². The first-order valence-corrected chi connectivity index (χ1v) is 5.56. The van der Waals surface area contributed by atoms with Crippen molar-refractivity contribution in [3.05, 3.63) is 17.5 Å². The maximum Gasteiger partial charge on any atom is 0.573 e. The predicted molar refractivity (Wildman–Crippen MR) is 57.9 cm³/mol. The molecule has 10 heteroatoms. The van der Waals surface area contributed by atoms with Crippen LogP contribution in [0.4, 0.5) is 22.0 Å². The summed E-state index contributed by atoms with van der Waals surface area (Å²) in [4.78, 5) is 14.3. The van der Waals surface area contributed by atoms with Gasteiger partial charge in [-0.05, 0) is 6.92 Å². The topological polar surface area (TPSA) is 68.7 Å². The summed E-state index contributed by atoms with van der Waals surface area (Å²) in [5.74, 6) is -3.08. The number of hydrogen-bond acceptors (Lipinski definition) is 5. The van der Waals surface area contributed by atoms with E-state index in [1.807, 2.05) is 0 Å². The van der Waals surface area contributed by atoms with E-state index < -0.39 is 48.1 Å². The van der Waals surface area contributed by atoms with E-state index in [9.17, 15) is 31.9 Å². The minimum absolute atomic E-state index is 0.0105. The molecule has 118 valence electrons. The molecule has 0 atom stereocenters. The van der Waals surface area contributed by atoms with Crippen LogP contribution in [0.3, 0.4) is 0 Å². The second-order valence-electron chi connectivity index (χ2n) is 3.67. The third-order valence-corrected chi connectivity index (χ3v) is 2.12. The van der Waals surface area contributed by atoms with Gasteiger partial charge in [0.15, 0.2) is 5.75 Å². The van der Waals surface area contributed by atoms with Gasteiger partial charge in [0.25, 0.3) is 6.43 Å². The minimum atomic E-state index is -5.22. The lowest BCUT2D eigenvalue weighted by molar-refractivity contribution is -0.275. The van der Waals surface area contributed by atoms with Crippen LogP contribution in [-0.2, 0) is 16.0 Å².